The third kappa shape index (κ3) is 2.17. The van der Waals surface area contributed by atoms with Gasteiger partial charge >= 0.3 is 0 Å². The zero-order chi connectivity index (χ0) is 11.0. The van der Waals surface area contributed by atoms with Crippen LogP contribution in [0.25, 0.3) is 5.69 Å². The summed E-state index contributed by atoms with van der Waals surface area (Å²) in [5.74, 6) is 0.160. The smallest absolute Gasteiger partial charge is 0.195 e. The molecule has 0 aliphatic rings. The molecule has 0 unspecified atom stereocenters. The first-order chi connectivity index (χ1) is 7.06. The molecule has 78 valence electrons. The third-order valence-electron chi connectivity index (χ3n) is 1.67. The Morgan fingerprint density at radius 2 is 1.60 bits per heavy atom. The van der Waals surface area contributed by atoms with Gasteiger partial charge in [0, 0.05) is 10.0 Å². The van der Waals surface area contributed by atoms with Crippen LogP contribution in [0.4, 0.5) is 5.82 Å². The molecule has 0 spiro atoms. The van der Waals surface area contributed by atoms with E-state index in [1.54, 1.807) is 18.2 Å². The van der Waals surface area contributed by atoms with Crippen LogP contribution in [0.3, 0.4) is 0 Å². The van der Waals surface area contributed by atoms with Gasteiger partial charge in [0.2, 0.25) is 0 Å². The van der Waals surface area contributed by atoms with Gasteiger partial charge in [-0.15, -0.1) is 15.0 Å². The highest BCUT2D eigenvalue weighted by molar-refractivity contribution is 6.34. The molecule has 0 radical (unpaired) electrons. The van der Waals surface area contributed by atoms with Crippen molar-refractivity contribution in [2.24, 2.45) is 0 Å². The van der Waals surface area contributed by atoms with Crippen LogP contribution in [0.15, 0.2) is 18.2 Å². The first-order valence-corrected chi connectivity index (χ1v) is 5.04. The number of hydrogen-bond donors (Lipinski definition) is 1. The molecule has 0 aliphatic carbocycles. The molecule has 7 heteroatoms. The second-order valence-corrected chi connectivity index (χ2v) is 4.02. The van der Waals surface area contributed by atoms with Crippen molar-refractivity contribution < 1.29 is 0 Å². The van der Waals surface area contributed by atoms with E-state index < -0.39 is 0 Å². The lowest BCUT2D eigenvalue weighted by molar-refractivity contribution is 0.755. The van der Waals surface area contributed by atoms with Gasteiger partial charge in [0.05, 0.1) is 5.69 Å². The van der Waals surface area contributed by atoms with Crippen molar-refractivity contribution in [2.45, 2.75) is 0 Å². The highest BCUT2D eigenvalue weighted by Crippen LogP contribution is 2.22. The summed E-state index contributed by atoms with van der Waals surface area (Å²) in [5.41, 5.74) is 6.06. The number of hydrogen-bond acceptors (Lipinski definition) is 3. The Morgan fingerprint density at radius 3 is 2.07 bits per heavy atom. The monoisotopic (exact) mass is 262 g/mol. The van der Waals surface area contributed by atoms with Crippen LogP contribution in [-0.2, 0) is 0 Å². The summed E-state index contributed by atoms with van der Waals surface area (Å²) >= 11 is 17.3. The summed E-state index contributed by atoms with van der Waals surface area (Å²) in [4.78, 5) is 1.27. The zero-order valence-electron chi connectivity index (χ0n) is 7.28. The first-order valence-electron chi connectivity index (χ1n) is 3.91. The number of halogens is 3. The number of aromatic nitrogens is 3. The Labute approximate surface area is 101 Å². The maximum atomic E-state index is 5.83. The lowest BCUT2D eigenvalue weighted by Crippen LogP contribution is -1.99. The molecule has 0 aliphatic heterocycles. The van der Waals surface area contributed by atoms with Crippen LogP contribution in [-0.4, -0.2) is 15.0 Å². The maximum absolute atomic E-state index is 5.83. The predicted molar refractivity (Wildman–Crippen MR) is 60.8 cm³/mol. The van der Waals surface area contributed by atoms with Crippen LogP contribution >= 0.6 is 34.8 Å². The average molecular weight is 264 g/mol. The van der Waals surface area contributed by atoms with Gasteiger partial charge in [-0.1, -0.05) is 34.8 Å². The second-order valence-electron chi connectivity index (χ2n) is 2.79. The van der Waals surface area contributed by atoms with Gasteiger partial charge in [0.15, 0.2) is 11.0 Å². The molecule has 2 N–H and O–H groups in total. The molecule has 0 bridgehead atoms. The van der Waals surface area contributed by atoms with Gasteiger partial charge in [-0.2, -0.15) is 0 Å². The number of nitrogens with two attached hydrogens (primary N) is 1. The molecule has 1 aromatic heterocycles. The van der Waals surface area contributed by atoms with Crippen molar-refractivity contribution in [3.05, 3.63) is 33.4 Å². The quantitative estimate of drug-likeness (QED) is 0.861. The summed E-state index contributed by atoms with van der Waals surface area (Å²) in [7, 11) is 0. The van der Waals surface area contributed by atoms with E-state index in [2.05, 4.69) is 10.2 Å². The molecule has 2 rings (SSSR count). The molecular formula is C8H5Cl3N4. The maximum Gasteiger partial charge on any atom is 0.195 e. The van der Waals surface area contributed by atoms with Crippen molar-refractivity contribution in [2.75, 3.05) is 5.73 Å². The molecule has 0 saturated carbocycles. The van der Waals surface area contributed by atoms with Crippen molar-refractivity contribution in [3.63, 3.8) is 0 Å². The predicted octanol–water partition coefficient (Wildman–Crippen LogP) is 2.81. The van der Waals surface area contributed by atoms with Gasteiger partial charge in [-0.25, -0.2) is 0 Å². The van der Waals surface area contributed by atoms with Gasteiger partial charge in [0.25, 0.3) is 0 Å². The molecular weight excluding hydrogens is 258 g/mol. The van der Waals surface area contributed by atoms with Crippen LogP contribution in [0.2, 0.25) is 15.2 Å². The minimum Gasteiger partial charge on any atom is -0.380 e. The number of benzene rings is 1. The lowest BCUT2D eigenvalue weighted by Gasteiger charge is -2.00. The van der Waals surface area contributed by atoms with E-state index in [1.165, 1.54) is 4.80 Å². The van der Waals surface area contributed by atoms with Gasteiger partial charge < -0.3 is 5.73 Å². The SMILES string of the molecule is Nc1nn(-c2cc(Cl)cc(Cl)c2)nc1Cl. The molecule has 0 amide bonds. The van der Waals surface area contributed by atoms with Gasteiger partial charge in [0.1, 0.15) is 0 Å². The number of nitrogen functional groups attached to an aromatic ring is 1. The summed E-state index contributed by atoms with van der Waals surface area (Å²) < 4.78 is 0. The highest BCUT2D eigenvalue weighted by atomic mass is 35.5. The first kappa shape index (κ1) is 10.5. The Bertz CT molecular complexity index is 469. The van der Waals surface area contributed by atoms with Crippen LogP contribution < -0.4 is 5.73 Å². The second kappa shape index (κ2) is 3.89. The lowest BCUT2D eigenvalue weighted by atomic mass is 10.3. The van der Waals surface area contributed by atoms with Crippen molar-refractivity contribution >= 4 is 40.6 Å². The normalized spacial score (nSPS) is 10.6. The van der Waals surface area contributed by atoms with E-state index in [-0.39, 0.29) is 11.0 Å². The molecule has 15 heavy (non-hydrogen) atoms. The van der Waals surface area contributed by atoms with E-state index in [9.17, 15) is 0 Å². The Morgan fingerprint density at radius 1 is 1.00 bits per heavy atom. The molecule has 2 aromatic rings. The third-order valence-corrected chi connectivity index (χ3v) is 2.38. The number of nitrogens with zero attached hydrogens (tertiary/aromatic N) is 3. The fraction of sp³-hybridized carbons (Fsp3) is 0. The summed E-state index contributed by atoms with van der Waals surface area (Å²) in [5, 5.41) is 8.91. The summed E-state index contributed by atoms with van der Waals surface area (Å²) in [6, 6.07) is 4.92. The summed E-state index contributed by atoms with van der Waals surface area (Å²) in [6.07, 6.45) is 0. The van der Waals surface area contributed by atoms with E-state index >= 15 is 0 Å². The van der Waals surface area contributed by atoms with Crippen molar-refractivity contribution in [3.8, 4) is 5.69 Å². The Hall–Kier alpha value is -0.970. The zero-order valence-corrected chi connectivity index (χ0v) is 9.55. The van der Waals surface area contributed by atoms with E-state index in [4.69, 9.17) is 40.5 Å². The molecule has 1 aromatic carbocycles. The van der Waals surface area contributed by atoms with Crippen LogP contribution in [0.1, 0.15) is 0 Å². The topological polar surface area (TPSA) is 56.7 Å². The molecule has 0 fully saturated rings. The molecule has 4 nitrogen and oxygen atoms in total. The minimum absolute atomic E-state index is 0.145. The number of rotatable bonds is 1. The van der Waals surface area contributed by atoms with E-state index in [0.29, 0.717) is 15.7 Å². The molecule has 0 saturated heterocycles. The summed E-state index contributed by atoms with van der Waals surface area (Å²) in [6.45, 7) is 0. The Balaban J connectivity index is 2.53. The van der Waals surface area contributed by atoms with E-state index in [1.807, 2.05) is 0 Å². The van der Waals surface area contributed by atoms with Gasteiger partial charge in [-0.3, -0.25) is 0 Å². The van der Waals surface area contributed by atoms with Crippen molar-refractivity contribution in [1.82, 2.24) is 15.0 Å². The largest absolute Gasteiger partial charge is 0.380 e. The molecule has 0 atom stereocenters. The van der Waals surface area contributed by atoms with Crippen LogP contribution in [0, 0.1) is 0 Å². The van der Waals surface area contributed by atoms with Gasteiger partial charge in [-0.05, 0) is 18.2 Å². The minimum atomic E-state index is 0.145. The fourth-order valence-electron chi connectivity index (χ4n) is 1.07. The van der Waals surface area contributed by atoms with Crippen molar-refractivity contribution in [1.29, 1.82) is 0 Å². The highest BCUT2D eigenvalue weighted by Gasteiger charge is 2.07. The van der Waals surface area contributed by atoms with Crippen LogP contribution in [0.5, 0.6) is 0 Å². The number of anilines is 1. The average Bonchev–Trinajstić information content (AvgIpc) is 2.45. The molecule has 1 heterocycles. The Kier molecular flexibility index (Phi) is 2.73. The van der Waals surface area contributed by atoms with E-state index in [0.717, 1.165) is 0 Å². The fourth-order valence-corrected chi connectivity index (χ4v) is 1.69. The standard InChI is InChI=1S/C8H5Cl3N4/c9-4-1-5(10)3-6(2-4)15-13-7(11)8(12)14-15/h1-3H,(H2,12,14).